The van der Waals surface area contributed by atoms with Crippen molar-refractivity contribution < 1.29 is 8.42 Å². The third-order valence-electron chi connectivity index (χ3n) is 2.71. The van der Waals surface area contributed by atoms with Gasteiger partial charge in [0, 0.05) is 29.1 Å². The molecule has 8 heteroatoms. The monoisotopic (exact) mass is 375 g/mol. The standard InChI is InChI=1S/C12H14BrN3O2S2/c1-8-15-6-10(19-8)7-16(2)20(17,18)12-5-9(13)3-4-11(12)14/h3-6H,7,14H2,1-2H3. The lowest BCUT2D eigenvalue weighted by atomic mass is 10.3. The summed E-state index contributed by atoms with van der Waals surface area (Å²) in [6.45, 7) is 2.16. The first-order chi connectivity index (χ1) is 9.30. The number of anilines is 1. The quantitative estimate of drug-likeness (QED) is 0.833. The number of rotatable bonds is 4. The van der Waals surface area contributed by atoms with Crippen LogP contribution in [0.5, 0.6) is 0 Å². The molecule has 0 unspecified atom stereocenters. The summed E-state index contributed by atoms with van der Waals surface area (Å²) in [5.74, 6) is 0. The van der Waals surface area contributed by atoms with Gasteiger partial charge in [-0.1, -0.05) is 15.9 Å². The Hall–Kier alpha value is -0.960. The van der Waals surface area contributed by atoms with Gasteiger partial charge >= 0.3 is 0 Å². The van der Waals surface area contributed by atoms with E-state index in [2.05, 4.69) is 20.9 Å². The molecule has 1 aromatic heterocycles. The molecule has 0 aliphatic heterocycles. The summed E-state index contributed by atoms with van der Waals surface area (Å²) < 4.78 is 27.0. The number of aryl methyl sites for hydroxylation is 1. The van der Waals surface area contributed by atoms with Crippen molar-refractivity contribution in [3.05, 3.63) is 38.8 Å². The summed E-state index contributed by atoms with van der Waals surface area (Å²) in [7, 11) is -2.09. The zero-order chi connectivity index (χ0) is 14.9. The van der Waals surface area contributed by atoms with Gasteiger partial charge in [0.05, 0.1) is 10.7 Å². The highest BCUT2D eigenvalue weighted by Crippen LogP contribution is 2.26. The summed E-state index contributed by atoms with van der Waals surface area (Å²) in [4.78, 5) is 5.12. The number of aromatic nitrogens is 1. The topological polar surface area (TPSA) is 76.3 Å². The van der Waals surface area contributed by atoms with E-state index < -0.39 is 10.0 Å². The van der Waals surface area contributed by atoms with Crippen molar-refractivity contribution >= 4 is 43.0 Å². The van der Waals surface area contributed by atoms with E-state index >= 15 is 0 Å². The van der Waals surface area contributed by atoms with E-state index in [1.165, 1.54) is 28.8 Å². The molecular formula is C12H14BrN3O2S2. The number of nitrogens with zero attached hydrogens (tertiary/aromatic N) is 2. The van der Waals surface area contributed by atoms with E-state index in [9.17, 15) is 8.42 Å². The maximum Gasteiger partial charge on any atom is 0.245 e. The van der Waals surface area contributed by atoms with Crippen LogP contribution in [0.4, 0.5) is 5.69 Å². The normalized spacial score (nSPS) is 12.0. The smallest absolute Gasteiger partial charge is 0.245 e. The lowest BCUT2D eigenvalue weighted by Crippen LogP contribution is -2.26. The molecule has 20 heavy (non-hydrogen) atoms. The highest BCUT2D eigenvalue weighted by molar-refractivity contribution is 9.10. The molecule has 0 aliphatic rings. The lowest BCUT2D eigenvalue weighted by Gasteiger charge is -2.17. The first kappa shape index (κ1) is 15.4. The molecule has 2 N–H and O–H groups in total. The summed E-state index contributed by atoms with van der Waals surface area (Å²) >= 11 is 4.74. The van der Waals surface area contributed by atoms with Gasteiger partial charge < -0.3 is 5.73 Å². The van der Waals surface area contributed by atoms with Crippen LogP contribution >= 0.6 is 27.3 Å². The highest BCUT2D eigenvalue weighted by atomic mass is 79.9. The van der Waals surface area contributed by atoms with Gasteiger partial charge in [0.15, 0.2) is 0 Å². The van der Waals surface area contributed by atoms with Crippen LogP contribution in [0.15, 0.2) is 33.8 Å². The molecule has 0 atom stereocenters. The second-order valence-electron chi connectivity index (χ2n) is 4.29. The second-order valence-corrected chi connectivity index (χ2v) is 8.54. The van der Waals surface area contributed by atoms with E-state index in [0.29, 0.717) is 4.47 Å². The molecule has 5 nitrogen and oxygen atoms in total. The Morgan fingerprint density at radius 3 is 2.75 bits per heavy atom. The van der Waals surface area contributed by atoms with E-state index in [4.69, 9.17) is 5.73 Å². The zero-order valence-corrected chi connectivity index (χ0v) is 14.2. The number of nitrogens with two attached hydrogens (primary N) is 1. The van der Waals surface area contributed by atoms with E-state index in [1.807, 2.05) is 6.92 Å². The molecular weight excluding hydrogens is 362 g/mol. The Morgan fingerprint density at radius 2 is 2.15 bits per heavy atom. The van der Waals surface area contributed by atoms with Gasteiger partial charge in [-0.05, 0) is 25.1 Å². The minimum atomic E-state index is -3.62. The Morgan fingerprint density at radius 1 is 1.45 bits per heavy atom. The summed E-state index contributed by atoms with van der Waals surface area (Å²) in [5.41, 5.74) is 6.01. The molecule has 0 aliphatic carbocycles. The largest absolute Gasteiger partial charge is 0.398 e. The molecule has 0 spiro atoms. The van der Waals surface area contributed by atoms with E-state index in [-0.39, 0.29) is 17.1 Å². The number of nitrogen functional groups attached to an aromatic ring is 1. The number of sulfonamides is 1. The number of hydrogen-bond donors (Lipinski definition) is 1. The maximum atomic E-state index is 12.5. The number of thiazole rings is 1. The summed E-state index contributed by atoms with van der Waals surface area (Å²) in [6, 6.07) is 4.79. The third-order valence-corrected chi connectivity index (χ3v) is 5.96. The van der Waals surface area contributed by atoms with E-state index in [0.717, 1.165) is 9.88 Å². The minimum absolute atomic E-state index is 0.107. The molecule has 0 saturated heterocycles. The molecule has 0 radical (unpaired) electrons. The number of benzene rings is 1. The van der Waals surface area contributed by atoms with Gasteiger partial charge in [-0.3, -0.25) is 0 Å². The Bertz CT molecular complexity index is 728. The van der Waals surface area contributed by atoms with Crippen LogP contribution in [0, 0.1) is 6.92 Å². The Balaban J connectivity index is 2.32. The van der Waals surface area contributed by atoms with Crippen molar-refractivity contribution in [1.29, 1.82) is 0 Å². The number of halogens is 1. The van der Waals surface area contributed by atoms with Crippen molar-refractivity contribution in [3.63, 3.8) is 0 Å². The molecule has 0 amide bonds. The Labute approximate surface area is 130 Å². The summed E-state index contributed by atoms with van der Waals surface area (Å²) in [6.07, 6.45) is 1.69. The first-order valence-corrected chi connectivity index (χ1v) is 8.78. The van der Waals surface area contributed by atoms with Crippen molar-refractivity contribution in [1.82, 2.24) is 9.29 Å². The molecule has 1 heterocycles. The fourth-order valence-electron chi connectivity index (χ4n) is 1.68. The molecule has 0 fully saturated rings. The van der Waals surface area contributed by atoms with Gasteiger partial charge in [-0.25, -0.2) is 13.4 Å². The zero-order valence-electron chi connectivity index (χ0n) is 11.0. The van der Waals surface area contributed by atoms with Crippen molar-refractivity contribution in [2.75, 3.05) is 12.8 Å². The Kier molecular flexibility index (Phi) is 4.48. The van der Waals surface area contributed by atoms with Crippen molar-refractivity contribution in [2.45, 2.75) is 18.4 Å². The molecule has 0 bridgehead atoms. The van der Waals surface area contributed by atoms with Gasteiger partial charge in [0.2, 0.25) is 10.0 Å². The average Bonchev–Trinajstić information content (AvgIpc) is 2.77. The van der Waals surface area contributed by atoms with Crippen LogP contribution < -0.4 is 5.73 Å². The van der Waals surface area contributed by atoms with Crippen LogP contribution in [0.25, 0.3) is 0 Å². The average molecular weight is 376 g/mol. The maximum absolute atomic E-state index is 12.5. The predicted molar refractivity (Wildman–Crippen MR) is 84.1 cm³/mol. The van der Waals surface area contributed by atoms with Crippen molar-refractivity contribution in [2.24, 2.45) is 0 Å². The van der Waals surface area contributed by atoms with Gasteiger partial charge in [0.25, 0.3) is 0 Å². The molecule has 2 aromatic rings. The summed E-state index contributed by atoms with van der Waals surface area (Å²) in [5, 5.41) is 0.910. The van der Waals surface area contributed by atoms with Crippen LogP contribution in [0.2, 0.25) is 0 Å². The molecule has 1 aromatic carbocycles. The second kappa shape index (κ2) is 5.80. The van der Waals surface area contributed by atoms with Gasteiger partial charge in [-0.2, -0.15) is 4.31 Å². The van der Waals surface area contributed by atoms with E-state index in [1.54, 1.807) is 18.3 Å². The van der Waals surface area contributed by atoms with Crippen LogP contribution in [0.3, 0.4) is 0 Å². The first-order valence-electron chi connectivity index (χ1n) is 5.73. The fraction of sp³-hybridized carbons (Fsp3) is 0.250. The molecule has 108 valence electrons. The van der Waals surface area contributed by atoms with Crippen LogP contribution in [-0.2, 0) is 16.6 Å². The van der Waals surface area contributed by atoms with Crippen LogP contribution in [-0.4, -0.2) is 24.8 Å². The van der Waals surface area contributed by atoms with Crippen molar-refractivity contribution in [3.8, 4) is 0 Å². The number of hydrogen-bond acceptors (Lipinski definition) is 5. The molecule has 2 rings (SSSR count). The van der Waals surface area contributed by atoms with Crippen LogP contribution in [0.1, 0.15) is 9.88 Å². The van der Waals surface area contributed by atoms with Gasteiger partial charge in [0.1, 0.15) is 4.90 Å². The predicted octanol–water partition coefficient (Wildman–Crippen LogP) is 2.62. The fourth-order valence-corrected chi connectivity index (χ4v) is 4.41. The minimum Gasteiger partial charge on any atom is -0.398 e. The van der Waals surface area contributed by atoms with Gasteiger partial charge in [-0.15, -0.1) is 11.3 Å². The SMILES string of the molecule is Cc1ncc(CN(C)S(=O)(=O)c2cc(Br)ccc2N)s1. The third kappa shape index (κ3) is 3.20. The highest BCUT2D eigenvalue weighted by Gasteiger charge is 2.24. The lowest BCUT2D eigenvalue weighted by molar-refractivity contribution is 0.469. The molecule has 0 saturated carbocycles.